The number of rotatable bonds is 3. The molecule has 4 rings (SSSR count). The van der Waals surface area contributed by atoms with Crippen molar-refractivity contribution in [1.29, 1.82) is 0 Å². The molecule has 124 valence electrons. The Bertz CT molecular complexity index is 747. The van der Waals surface area contributed by atoms with Crippen LogP contribution in [0.1, 0.15) is 27.0 Å². The van der Waals surface area contributed by atoms with Crippen LogP contribution >= 0.6 is 0 Å². The summed E-state index contributed by atoms with van der Waals surface area (Å²) in [5.74, 6) is 0.00820. The lowest BCUT2D eigenvalue weighted by Gasteiger charge is -2.44. The molecule has 2 aliphatic heterocycles. The van der Waals surface area contributed by atoms with Gasteiger partial charge in [0, 0.05) is 37.8 Å². The van der Waals surface area contributed by atoms with Crippen molar-refractivity contribution in [3.05, 3.63) is 70.8 Å². The maximum atomic E-state index is 13.2. The highest BCUT2D eigenvalue weighted by molar-refractivity contribution is 5.98. The van der Waals surface area contributed by atoms with Crippen molar-refractivity contribution in [2.24, 2.45) is 0 Å². The third-order valence-corrected chi connectivity index (χ3v) is 5.13. The van der Waals surface area contributed by atoms with E-state index in [-0.39, 0.29) is 11.9 Å². The number of fused-ring (bicyclic) bond motifs is 2. The van der Waals surface area contributed by atoms with Gasteiger partial charge in [-0.2, -0.15) is 0 Å². The normalized spacial score (nSPS) is 20.6. The third-order valence-electron chi connectivity index (χ3n) is 5.13. The second-order valence-corrected chi connectivity index (χ2v) is 6.66. The standard InChI is InChI=1S/C20H21FN2O/c21-12-17-8-4-7-16-11-18-14-22(13-15-5-2-1-3-6-15)9-10-23(18)20(24)19(16)17/h1-8,18H,9-14H2. The van der Waals surface area contributed by atoms with E-state index in [1.165, 1.54) is 5.56 Å². The fourth-order valence-electron chi connectivity index (χ4n) is 3.95. The Morgan fingerprint density at radius 3 is 2.67 bits per heavy atom. The zero-order valence-corrected chi connectivity index (χ0v) is 13.6. The van der Waals surface area contributed by atoms with Crippen LogP contribution in [0, 0.1) is 0 Å². The van der Waals surface area contributed by atoms with Gasteiger partial charge >= 0.3 is 0 Å². The average Bonchev–Trinajstić information content (AvgIpc) is 2.62. The van der Waals surface area contributed by atoms with E-state index in [2.05, 4.69) is 29.2 Å². The van der Waals surface area contributed by atoms with Crippen molar-refractivity contribution in [2.45, 2.75) is 25.7 Å². The maximum Gasteiger partial charge on any atom is 0.254 e. The Balaban J connectivity index is 1.54. The first-order chi connectivity index (χ1) is 11.8. The number of halogens is 1. The van der Waals surface area contributed by atoms with Crippen LogP contribution in [0.4, 0.5) is 4.39 Å². The van der Waals surface area contributed by atoms with Gasteiger partial charge in [-0.15, -0.1) is 0 Å². The summed E-state index contributed by atoms with van der Waals surface area (Å²) in [6, 6.07) is 16.2. The zero-order valence-electron chi connectivity index (χ0n) is 13.6. The minimum Gasteiger partial charge on any atom is -0.333 e. The fraction of sp³-hybridized carbons (Fsp3) is 0.350. The highest BCUT2D eigenvalue weighted by atomic mass is 19.1. The molecule has 2 aromatic rings. The molecule has 1 fully saturated rings. The third kappa shape index (κ3) is 2.71. The molecule has 3 nitrogen and oxygen atoms in total. The number of amides is 1. The zero-order chi connectivity index (χ0) is 16.5. The van der Waals surface area contributed by atoms with Gasteiger partial charge in [-0.3, -0.25) is 9.69 Å². The lowest BCUT2D eigenvalue weighted by Crippen LogP contribution is -2.57. The average molecular weight is 324 g/mol. The van der Waals surface area contributed by atoms with Gasteiger partial charge in [0.15, 0.2) is 0 Å². The van der Waals surface area contributed by atoms with Gasteiger partial charge < -0.3 is 4.90 Å². The number of piperazine rings is 1. The highest BCUT2D eigenvalue weighted by Crippen LogP contribution is 2.29. The summed E-state index contributed by atoms with van der Waals surface area (Å²) in [4.78, 5) is 17.2. The van der Waals surface area contributed by atoms with E-state index >= 15 is 0 Å². The molecule has 0 spiro atoms. The molecule has 2 aromatic carbocycles. The van der Waals surface area contributed by atoms with E-state index < -0.39 is 6.67 Å². The summed E-state index contributed by atoms with van der Waals surface area (Å²) < 4.78 is 13.2. The summed E-state index contributed by atoms with van der Waals surface area (Å²) in [5, 5.41) is 0. The second kappa shape index (κ2) is 6.36. The number of benzene rings is 2. The summed E-state index contributed by atoms with van der Waals surface area (Å²) >= 11 is 0. The van der Waals surface area contributed by atoms with Crippen molar-refractivity contribution < 1.29 is 9.18 Å². The van der Waals surface area contributed by atoms with Crippen molar-refractivity contribution in [2.75, 3.05) is 19.6 Å². The second-order valence-electron chi connectivity index (χ2n) is 6.66. The highest BCUT2D eigenvalue weighted by Gasteiger charge is 2.37. The lowest BCUT2D eigenvalue weighted by molar-refractivity contribution is 0.0399. The van der Waals surface area contributed by atoms with Crippen LogP contribution < -0.4 is 0 Å². The van der Waals surface area contributed by atoms with Crippen molar-refractivity contribution >= 4 is 5.91 Å². The maximum absolute atomic E-state index is 13.2. The molecule has 2 aliphatic rings. The van der Waals surface area contributed by atoms with E-state index in [9.17, 15) is 9.18 Å². The van der Waals surface area contributed by atoms with Crippen LogP contribution in [0.2, 0.25) is 0 Å². The molecule has 0 bridgehead atoms. The molecule has 1 saturated heterocycles. The molecular formula is C20H21FN2O. The van der Waals surface area contributed by atoms with Gasteiger partial charge in [0.1, 0.15) is 6.67 Å². The molecule has 0 radical (unpaired) electrons. The molecule has 24 heavy (non-hydrogen) atoms. The summed E-state index contributed by atoms with van der Waals surface area (Å²) in [6.45, 7) is 2.80. The van der Waals surface area contributed by atoms with Crippen molar-refractivity contribution in [3.63, 3.8) is 0 Å². The topological polar surface area (TPSA) is 23.6 Å². The monoisotopic (exact) mass is 324 g/mol. The quantitative estimate of drug-likeness (QED) is 0.866. The van der Waals surface area contributed by atoms with Gasteiger partial charge in [0.05, 0.1) is 0 Å². The first-order valence-electron chi connectivity index (χ1n) is 8.50. The number of carbonyl (C=O) groups is 1. The predicted octanol–water partition coefficient (Wildman–Crippen LogP) is 3.04. The number of carbonyl (C=O) groups excluding carboxylic acids is 1. The Morgan fingerprint density at radius 2 is 1.88 bits per heavy atom. The number of hydrogen-bond donors (Lipinski definition) is 0. The molecule has 2 heterocycles. The molecule has 4 heteroatoms. The number of nitrogens with zero attached hydrogens (tertiary/aromatic N) is 2. The van der Waals surface area contributed by atoms with Gasteiger partial charge in [0.25, 0.3) is 5.91 Å². The van der Waals surface area contributed by atoms with E-state index in [1.54, 1.807) is 6.07 Å². The van der Waals surface area contributed by atoms with Gasteiger partial charge in [-0.1, -0.05) is 48.5 Å². The molecular weight excluding hydrogens is 303 g/mol. The SMILES string of the molecule is O=C1c2c(CF)cccc2CC2CN(Cc3ccccc3)CCN12. The molecule has 0 aliphatic carbocycles. The van der Waals surface area contributed by atoms with E-state index in [0.717, 1.165) is 38.2 Å². The molecule has 1 unspecified atom stereocenters. The fourth-order valence-corrected chi connectivity index (χ4v) is 3.95. The first-order valence-corrected chi connectivity index (χ1v) is 8.50. The van der Waals surface area contributed by atoms with E-state index in [4.69, 9.17) is 0 Å². The van der Waals surface area contributed by atoms with E-state index in [1.807, 2.05) is 23.1 Å². The van der Waals surface area contributed by atoms with Crippen LogP contribution in [0.3, 0.4) is 0 Å². The Kier molecular flexibility index (Phi) is 4.07. The minimum atomic E-state index is -0.576. The minimum absolute atomic E-state index is 0.00820. The van der Waals surface area contributed by atoms with Crippen molar-refractivity contribution in [1.82, 2.24) is 9.80 Å². The first kappa shape index (κ1) is 15.3. The van der Waals surface area contributed by atoms with Crippen molar-refractivity contribution in [3.8, 4) is 0 Å². The van der Waals surface area contributed by atoms with Gasteiger partial charge in [-0.05, 0) is 23.1 Å². The summed E-state index contributed by atoms with van der Waals surface area (Å²) in [5.41, 5.74) is 3.43. The van der Waals surface area contributed by atoms with Crippen LogP contribution in [0.15, 0.2) is 48.5 Å². The van der Waals surface area contributed by atoms with Crippen LogP contribution in [-0.2, 0) is 19.6 Å². The molecule has 0 N–H and O–H groups in total. The predicted molar refractivity (Wildman–Crippen MR) is 91.5 cm³/mol. The molecule has 1 atom stereocenters. The smallest absolute Gasteiger partial charge is 0.254 e. The van der Waals surface area contributed by atoms with E-state index in [0.29, 0.717) is 11.1 Å². The summed E-state index contributed by atoms with van der Waals surface area (Å²) in [6.07, 6.45) is 0.820. The Labute approximate surface area is 141 Å². The largest absolute Gasteiger partial charge is 0.333 e. The molecule has 0 saturated carbocycles. The summed E-state index contributed by atoms with van der Waals surface area (Å²) in [7, 11) is 0. The van der Waals surface area contributed by atoms with Gasteiger partial charge in [-0.25, -0.2) is 4.39 Å². The van der Waals surface area contributed by atoms with Crippen LogP contribution in [0.5, 0.6) is 0 Å². The molecule has 0 aromatic heterocycles. The van der Waals surface area contributed by atoms with Gasteiger partial charge in [0.2, 0.25) is 0 Å². The Morgan fingerprint density at radius 1 is 1.04 bits per heavy atom. The number of hydrogen-bond acceptors (Lipinski definition) is 2. The van der Waals surface area contributed by atoms with Crippen LogP contribution in [0.25, 0.3) is 0 Å². The molecule has 1 amide bonds. The lowest BCUT2D eigenvalue weighted by atomic mass is 9.89. The van der Waals surface area contributed by atoms with Crippen LogP contribution in [-0.4, -0.2) is 41.4 Å². The Hall–Kier alpha value is -2.20. The number of alkyl halides is 1.